The molecule has 0 amide bonds. The van der Waals surface area contributed by atoms with Crippen molar-refractivity contribution in [2.45, 2.75) is 56.3 Å². The van der Waals surface area contributed by atoms with Crippen LogP contribution < -0.4 is 5.32 Å². The van der Waals surface area contributed by atoms with Crippen LogP contribution in [0.1, 0.15) is 39.5 Å². The van der Waals surface area contributed by atoms with E-state index in [9.17, 15) is 5.11 Å². The fourth-order valence-electron chi connectivity index (χ4n) is 3.24. The molecule has 2 atom stereocenters. The summed E-state index contributed by atoms with van der Waals surface area (Å²) in [5.41, 5.74) is -0.0771. The summed E-state index contributed by atoms with van der Waals surface area (Å²) in [5, 5.41) is 14.3. The summed E-state index contributed by atoms with van der Waals surface area (Å²) in [4.78, 5) is 8.47. The number of aliphatic hydroxyl groups is 1. The number of aromatic nitrogens is 2. The van der Waals surface area contributed by atoms with Crippen LogP contribution in [0.3, 0.4) is 0 Å². The molecule has 0 spiro atoms. The summed E-state index contributed by atoms with van der Waals surface area (Å²) in [7, 11) is 0. The van der Waals surface area contributed by atoms with E-state index in [-0.39, 0.29) is 12.1 Å². The fraction of sp³-hybridized carbons (Fsp3) is 0.733. The molecule has 1 aliphatic carbocycles. The molecule has 1 fully saturated rings. The maximum atomic E-state index is 9.86. The van der Waals surface area contributed by atoms with Crippen molar-refractivity contribution in [3.05, 3.63) is 18.5 Å². The maximum Gasteiger partial charge on any atom is 0.187 e. The number of rotatable bonds is 7. The largest absolute Gasteiger partial charge is 0.394 e. The summed E-state index contributed by atoms with van der Waals surface area (Å²) >= 11 is 1.71. The van der Waals surface area contributed by atoms with Crippen molar-refractivity contribution >= 4 is 11.8 Å². The van der Waals surface area contributed by atoms with Gasteiger partial charge in [0, 0.05) is 29.7 Å². The third kappa shape index (κ3) is 3.93. The van der Waals surface area contributed by atoms with E-state index in [1.54, 1.807) is 24.2 Å². The molecular weight excluding hydrogens is 270 g/mol. The first kappa shape index (κ1) is 15.7. The summed E-state index contributed by atoms with van der Waals surface area (Å²) < 4.78 is 0. The minimum Gasteiger partial charge on any atom is -0.394 e. The summed E-state index contributed by atoms with van der Waals surface area (Å²) in [6, 6.07) is 2.25. The van der Waals surface area contributed by atoms with Crippen LogP contribution in [-0.2, 0) is 0 Å². The number of thioether (sulfide) groups is 1. The van der Waals surface area contributed by atoms with E-state index in [0.717, 1.165) is 23.8 Å². The Labute approximate surface area is 125 Å². The van der Waals surface area contributed by atoms with Crippen molar-refractivity contribution in [3.8, 4) is 0 Å². The van der Waals surface area contributed by atoms with Gasteiger partial charge >= 0.3 is 0 Å². The lowest BCUT2D eigenvalue weighted by Crippen LogP contribution is -2.54. The van der Waals surface area contributed by atoms with Crippen molar-refractivity contribution in [2.75, 3.05) is 12.4 Å². The number of aliphatic hydroxyl groups excluding tert-OH is 1. The maximum absolute atomic E-state index is 9.86. The quantitative estimate of drug-likeness (QED) is 0.598. The zero-order chi connectivity index (χ0) is 14.4. The molecule has 1 aromatic heterocycles. The normalized spacial score (nSPS) is 26.3. The van der Waals surface area contributed by atoms with Gasteiger partial charge in [-0.15, -0.1) is 0 Å². The van der Waals surface area contributed by atoms with Gasteiger partial charge < -0.3 is 10.4 Å². The van der Waals surface area contributed by atoms with E-state index < -0.39 is 0 Å². The van der Waals surface area contributed by atoms with Gasteiger partial charge in [-0.1, -0.05) is 32.0 Å². The predicted molar refractivity (Wildman–Crippen MR) is 82.8 cm³/mol. The molecule has 0 bridgehead atoms. The number of hydrogen-bond acceptors (Lipinski definition) is 5. The number of nitrogens with one attached hydrogen (secondary N) is 1. The second-order valence-electron chi connectivity index (χ2n) is 5.87. The monoisotopic (exact) mass is 295 g/mol. The Kier molecular flexibility index (Phi) is 5.81. The van der Waals surface area contributed by atoms with Crippen molar-refractivity contribution in [3.63, 3.8) is 0 Å². The van der Waals surface area contributed by atoms with Gasteiger partial charge in [0.1, 0.15) is 0 Å². The van der Waals surface area contributed by atoms with Gasteiger partial charge in [0.05, 0.1) is 6.61 Å². The molecule has 20 heavy (non-hydrogen) atoms. The van der Waals surface area contributed by atoms with Crippen molar-refractivity contribution in [1.82, 2.24) is 15.3 Å². The Hall–Kier alpha value is -0.650. The Balaban J connectivity index is 1.87. The highest BCUT2D eigenvalue weighted by Crippen LogP contribution is 2.39. The lowest BCUT2D eigenvalue weighted by atomic mass is 9.85. The van der Waals surface area contributed by atoms with Crippen LogP contribution in [0.4, 0.5) is 0 Å². The van der Waals surface area contributed by atoms with Crippen molar-refractivity contribution in [2.24, 2.45) is 5.92 Å². The van der Waals surface area contributed by atoms with Gasteiger partial charge in [-0.05, 0) is 31.2 Å². The smallest absolute Gasteiger partial charge is 0.187 e. The van der Waals surface area contributed by atoms with Crippen LogP contribution in [0.25, 0.3) is 0 Å². The van der Waals surface area contributed by atoms with Crippen LogP contribution in [0.2, 0.25) is 0 Å². The lowest BCUT2D eigenvalue weighted by Gasteiger charge is -2.37. The molecule has 1 aromatic rings. The third-order valence-electron chi connectivity index (χ3n) is 4.05. The van der Waals surface area contributed by atoms with Crippen LogP contribution in [-0.4, -0.2) is 39.0 Å². The summed E-state index contributed by atoms with van der Waals surface area (Å²) in [6.07, 6.45) is 8.16. The second kappa shape index (κ2) is 7.38. The van der Waals surface area contributed by atoms with E-state index in [4.69, 9.17) is 0 Å². The first-order chi connectivity index (χ1) is 9.66. The molecule has 2 rings (SSSR count). The predicted octanol–water partition coefficient (Wildman–Crippen LogP) is 2.49. The molecule has 0 aromatic carbocycles. The topological polar surface area (TPSA) is 58.0 Å². The molecule has 4 nitrogen and oxygen atoms in total. The SMILES string of the molecule is CC(C)NC1(CO)CCCC1CCSc1ncccn1. The molecule has 1 aliphatic rings. The van der Waals surface area contributed by atoms with E-state index >= 15 is 0 Å². The number of hydrogen-bond donors (Lipinski definition) is 2. The lowest BCUT2D eigenvalue weighted by molar-refractivity contribution is 0.113. The van der Waals surface area contributed by atoms with Gasteiger partial charge in [0.25, 0.3) is 0 Å². The van der Waals surface area contributed by atoms with E-state index in [0.29, 0.717) is 12.0 Å². The van der Waals surface area contributed by atoms with E-state index in [1.807, 2.05) is 6.07 Å². The van der Waals surface area contributed by atoms with E-state index in [2.05, 4.69) is 29.1 Å². The zero-order valence-corrected chi connectivity index (χ0v) is 13.2. The minimum absolute atomic E-state index is 0.0771. The zero-order valence-electron chi connectivity index (χ0n) is 12.4. The Morgan fingerprint density at radius 3 is 2.85 bits per heavy atom. The molecule has 0 saturated heterocycles. The van der Waals surface area contributed by atoms with Crippen LogP contribution in [0.5, 0.6) is 0 Å². The third-order valence-corrected chi connectivity index (χ3v) is 4.96. The first-order valence-electron chi connectivity index (χ1n) is 7.44. The standard InChI is InChI=1S/C15H25N3OS/c1-12(2)18-15(11-19)7-3-5-13(15)6-10-20-14-16-8-4-9-17-14/h4,8-9,12-13,18-19H,3,5-7,10-11H2,1-2H3. The molecule has 5 heteroatoms. The average Bonchev–Trinajstić information content (AvgIpc) is 2.83. The van der Waals surface area contributed by atoms with Crippen LogP contribution >= 0.6 is 11.8 Å². The van der Waals surface area contributed by atoms with Gasteiger partial charge in [0.15, 0.2) is 5.16 Å². The minimum atomic E-state index is -0.0771. The molecule has 1 saturated carbocycles. The van der Waals surface area contributed by atoms with E-state index in [1.165, 1.54) is 12.8 Å². The molecule has 2 unspecified atom stereocenters. The van der Waals surface area contributed by atoms with Gasteiger partial charge in [0.2, 0.25) is 0 Å². The Morgan fingerprint density at radius 1 is 1.45 bits per heavy atom. The highest BCUT2D eigenvalue weighted by Gasteiger charge is 2.41. The fourth-order valence-corrected chi connectivity index (χ4v) is 4.09. The summed E-state index contributed by atoms with van der Waals surface area (Å²) in [5.74, 6) is 1.56. The molecule has 1 heterocycles. The van der Waals surface area contributed by atoms with Gasteiger partial charge in [-0.3, -0.25) is 0 Å². The Morgan fingerprint density at radius 2 is 2.20 bits per heavy atom. The Bertz CT molecular complexity index is 401. The van der Waals surface area contributed by atoms with Crippen molar-refractivity contribution in [1.29, 1.82) is 0 Å². The number of nitrogens with zero attached hydrogens (tertiary/aromatic N) is 2. The second-order valence-corrected chi connectivity index (χ2v) is 6.93. The molecule has 112 valence electrons. The first-order valence-corrected chi connectivity index (χ1v) is 8.43. The molecule has 2 N–H and O–H groups in total. The van der Waals surface area contributed by atoms with Gasteiger partial charge in [-0.25, -0.2) is 9.97 Å². The van der Waals surface area contributed by atoms with Gasteiger partial charge in [-0.2, -0.15) is 0 Å². The molecule has 0 aliphatic heterocycles. The molecule has 0 radical (unpaired) electrons. The van der Waals surface area contributed by atoms with Crippen LogP contribution in [0.15, 0.2) is 23.6 Å². The molecular formula is C15H25N3OS. The summed E-state index contributed by atoms with van der Waals surface area (Å²) in [6.45, 7) is 4.54. The van der Waals surface area contributed by atoms with Crippen molar-refractivity contribution < 1.29 is 5.11 Å². The average molecular weight is 295 g/mol. The highest BCUT2D eigenvalue weighted by molar-refractivity contribution is 7.99. The highest BCUT2D eigenvalue weighted by atomic mass is 32.2. The van der Waals surface area contributed by atoms with Crippen LogP contribution in [0, 0.1) is 5.92 Å².